The van der Waals surface area contributed by atoms with E-state index in [1.54, 1.807) is 7.11 Å². The van der Waals surface area contributed by atoms with Gasteiger partial charge in [-0.3, -0.25) is 4.90 Å². The van der Waals surface area contributed by atoms with Gasteiger partial charge in [0.15, 0.2) is 0 Å². The predicted octanol–water partition coefficient (Wildman–Crippen LogP) is 7.11. The second kappa shape index (κ2) is 14.2. The van der Waals surface area contributed by atoms with E-state index in [1.807, 2.05) is 18.3 Å². The molecule has 0 radical (unpaired) electrons. The number of hydrogen-bond donors (Lipinski definition) is 1. The van der Waals surface area contributed by atoms with Gasteiger partial charge >= 0.3 is 0 Å². The molecule has 2 aliphatic rings. The third kappa shape index (κ3) is 7.08. The topological polar surface area (TPSA) is 53.5 Å². The van der Waals surface area contributed by atoms with E-state index in [9.17, 15) is 0 Å². The largest absolute Gasteiger partial charge is 0.383 e. The van der Waals surface area contributed by atoms with Crippen LogP contribution in [0.3, 0.4) is 0 Å². The van der Waals surface area contributed by atoms with Crippen LogP contribution in [0.1, 0.15) is 28.2 Å². The highest BCUT2D eigenvalue weighted by Gasteiger charge is 2.28. The third-order valence-corrected chi connectivity index (χ3v) is 8.97. The quantitative estimate of drug-likeness (QED) is 0.214. The van der Waals surface area contributed by atoms with Crippen molar-refractivity contribution in [3.05, 3.63) is 105 Å². The molecule has 6 rings (SSSR count). The first kappa shape index (κ1) is 30.7. The summed E-state index contributed by atoms with van der Waals surface area (Å²) in [4.78, 5) is 14.7. The van der Waals surface area contributed by atoms with Crippen LogP contribution in [0.15, 0.2) is 72.9 Å². The molecule has 1 fully saturated rings. The molecule has 9 heteroatoms. The van der Waals surface area contributed by atoms with Gasteiger partial charge < -0.3 is 15.0 Å². The highest BCUT2D eigenvalue weighted by molar-refractivity contribution is 6.42. The van der Waals surface area contributed by atoms with Gasteiger partial charge in [0.05, 0.1) is 22.3 Å². The average Bonchev–Trinajstić information content (AvgIpc) is 3.01. The normalized spacial score (nSPS) is 16.8. The zero-order valence-electron chi connectivity index (χ0n) is 23.7. The first-order valence-electron chi connectivity index (χ1n) is 14.3. The number of ether oxygens (including phenoxy) is 1. The number of anilines is 2. The molecule has 0 spiro atoms. The van der Waals surface area contributed by atoms with Crippen LogP contribution in [0.4, 0.5) is 11.6 Å². The number of halogens is 3. The number of nitrogens with zero attached hydrogens (tertiary/aromatic N) is 4. The molecule has 3 aromatic carbocycles. The molecule has 1 saturated heterocycles. The summed E-state index contributed by atoms with van der Waals surface area (Å²) in [6, 6.07) is 23.0. The fourth-order valence-electron chi connectivity index (χ4n) is 5.85. The Morgan fingerprint density at radius 2 is 1.64 bits per heavy atom. The lowest BCUT2D eigenvalue weighted by molar-refractivity contribution is 0.0976. The van der Waals surface area contributed by atoms with Crippen LogP contribution in [-0.2, 0) is 17.6 Å². The second-order valence-corrected chi connectivity index (χ2v) is 11.6. The summed E-state index contributed by atoms with van der Waals surface area (Å²) in [6.45, 7) is 7.40. The molecular weight excluding hydrogens is 589 g/mol. The van der Waals surface area contributed by atoms with Gasteiger partial charge in [0, 0.05) is 69.7 Å². The maximum atomic E-state index is 6.37. The van der Waals surface area contributed by atoms with Crippen molar-refractivity contribution < 1.29 is 4.74 Å². The molecule has 4 aromatic rings. The summed E-state index contributed by atoms with van der Waals surface area (Å²) >= 11 is 12.6. The Hall–Kier alpha value is -2.71. The lowest BCUT2D eigenvalue weighted by Crippen LogP contribution is -2.47. The first-order chi connectivity index (χ1) is 20.1. The molecule has 1 aromatic heterocycles. The monoisotopic (exact) mass is 623 g/mol. The van der Waals surface area contributed by atoms with Crippen LogP contribution >= 0.6 is 35.6 Å². The SMILES string of the molecule is COCCN1CCN(CCc2ccc(Nc3ncc4c(n3)-c3ccccc3C(c3ccc(Cl)c(Cl)c3)C4)cc2)CC1.Cl. The number of piperazine rings is 1. The molecule has 2 heterocycles. The van der Waals surface area contributed by atoms with Crippen molar-refractivity contribution in [3.8, 4) is 11.3 Å². The van der Waals surface area contributed by atoms with Crippen LogP contribution in [0.25, 0.3) is 11.3 Å². The zero-order chi connectivity index (χ0) is 28.2. The Labute approximate surface area is 264 Å². The number of nitrogens with one attached hydrogen (secondary N) is 1. The lowest BCUT2D eigenvalue weighted by atomic mass is 9.78. The van der Waals surface area contributed by atoms with Gasteiger partial charge in [0.1, 0.15) is 0 Å². The smallest absolute Gasteiger partial charge is 0.227 e. The summed E-state index contributed by atoms with van der Waals surface area (Å²) in [5.74, 6) is 0.772. The fraction of sp³-hybridized carbons (Fsp3) is 0.333. The van der Waals surface area contributed by atoms with Crippen molar-refractivity contribution in [3.63, 3.8) is 0 Å². The summed E-state index contributed by atoms with van der Waals surface area (Å²) in [5, 5.41) is 4.56. The number of aromatic nitrogens is 2. The van der Waals surface area contributed by atoms with Crippen LogP contribution in [0.5, 0.6) is 0 Å². The number of hydrogen-bond acceptors (Lipinski definition) is 6. The maximum absolute atomic E-state index is 6.37. The Morgan fingerprint density at radius 1 is 0.905 bits per heavy atom. The molecule has 220 valence electrons. The Kier molecular flexibility index (Phi) is 10.4. The van der Waals surface area contributed by atoms with Crippen LogP contribution in [0.2, 0.25) is 10.0 Å². The molecule has 0 bridgehead atoms. The third-order valence-electron chi connectivity index (χ3n) is 8.23. The van der Waals surface area contributed by atoms with Crippen LogP contribution in [-0.4, -0.2) is 72.8 Å². The Morgan fingerprint density at radius 3 is 2.38 bits per heavy atom. The Balaban J connectivity index is 0.00000353. The second-order valence-electron chi connectivity index (χ2n) is 10.8. The minimum atomic E-state index is 0. The molecule has 6 nitrogen and oxygen atoms in total. The predicted molar refractivity (Wildman–Crippen MR) is 175 cm³/mol. The van der Waals surface area contributed by atoms with Crippen LogP contribution < -0.4 is 5.32 Å². The van der Waals surface area contributed by atoms with Gasteiger partial charge in [-0.25, -0.2) is 9.97 Å². The minimum Gasteiger partial charge on any atom is -0.383 e. The average molecular weight is 625 g/mol. The molecule has 1 aliphatic carbocycles. The fourth-order valence-corrected chi connectivity index (χ4v) is 6.16. The van der Waals surface area contributed by atoms with E-state index >= 15 is 0 Å². The molecule has 1 unspecified atom stereocenters. The van der Waals surface area contributed by atoms with Crippen molar-refractivity contribution in [1.82, 2.24) is 19.8 Å². The van der Waals surface area contributed by atoms with Crippen molar-refractivity contribution in [2.24, 2.45) is 0 Å². The van der Waals surface area contributed by atoms with Gasteiger partial charge in [0.2, 0.25) is 5.95 Å². The zero-order valence-corrected chi connectivity index (χ0v) is 26.1. The summed E-state index contributed by atoms with van der Waals surface area (Å²) in [7, 11) is 1.77. The molecule has 1 aliphatic heterocycles. The van der Waals surface area contributed by atoms with Crippen LogP contribution in [0, 0.1) is 0 Å². The molecule has 42 heavy (non-hydrogen) atoms. The molecule has 0 saturated carbocycles. The molecule has 0 amide bonds. The van der Waals surface area contributed by atoms with E-state index in [0.29, 0.717) is 16.0 Å². The standard InChI is InChI=1S/C33H35Cl2N5O.ClH/c1-41-19-18-40-16-14-39(15-17-40)13-12-23-6-9-26(10-7-23)37-33-36-22-25-20-29(24-8-11-30(34)31(35)21-24)27-4-2-3-5-28(27)32(25)38-33;/h2-11,21-22,29H,12-20H2,1H3,(H,36,37,38);1H. The van der Waals surface area contributed by atoms with Crippen molar-refractivity contribution in [2.45, 2.75) is 18.8 Å². The summed E-state index contributed by atoms with van der Waals surface area (Å²) in [5.41, 5.74) is 7.94. The van der Waals surface area contributed by atoms with E-state index in [1.165, 1.54) is 11.1 Å². The number of rotatable bonds is 9. The van der Waals surface area contributed by atoms with Crippen molar-refractivity contribution in [1.29, 1.82) is 0 Å². The number of fused-ring (bicyclic) bond motifs is 3. The molecule has 1 N–H and O–H groups in total. The van der Waals surface area contributed by atoms with Gasteiger partial charge in [-0.2, -0.15) is 0 Å². The van der Waals surface area contributed by atoms with Gasteiger partial charge in [-0.05, 0) is 59.4 Å². The van der Waals surface area contributed by atoms with Gasteiger partial charge in [0.25, 0.3) is 0 Å². The van der Waals surface area contributed by atoms with E-state index in [0.717, 1.165) is 86.8 Å². The van der Waals surface area contributed by atoms with E-state index in [4.69, 9.17) is 32.9 Å². The summed E-state index contributed by atoms with van der Waals surface area (Å²) in [6.07, 6.45) is 3.81. The van der Waals surface area contributed by atoms with E-state index in [2.05, 4.69) is 74.7 Å². The van der Waals surface area contributed by atoms with Gasteiger partial charge in [-0.1, -0.05) is 65.7 Å². The van der Waals surface area contributed by atoms with E-state index in [-0.39, 0.29) is 18.3 Å². The maximum Gasteiger partial charge on any atom is 0.227 e. The Bertz CT molecular complexity index is 1490. The molecule has 1 atom stereocenters. The lowest BCUT2D eigenvalue weighted by Gasteiger charge is -2.34. The van der Waals surface area contributed by atoms with E-state index < -0.39 is 0 Å². The highest BCUT2D eigenvalue weighted by atomic mass is 35.5. The van der Waals surface area contributed by atoms with Gasteiger partial charge in [-0.15, -0.1) is 12.4 Å². The highest BCUT2D eigenvalue weighted by Crippen LogP contribution is 2.43. The number of methoxy groups -OCH3 is 1. The first-order valence-corrected chi connectivity index (χ1v) is 15.0. The van der Waals surface area contributed by atoms with Crippen molar-refractivity contribution in [2.75, 3.05) is 58.3 Å². The van der Waals surface area contributed by atoms with Crippen molar-refractivity contribution >= 4 is 47.2 Å². The number of benzene rings is 3. The summed E-state index contributed by atoms with van der Waals surface area (Å²) < 4.78 is 5.21. The molecular formula is C33H36Cl3N5O. The minimum absolute atomic E-state index is 0.